The van der Waals surface area contributed by atoms with Crippen LogP contribution in [0.2, 0.25) is 0 Å². The molecule has 0 saturated heterocycles. The molecule has 0 spiro atoms. The summed E-state index contributed by atoms with van der Waals surface area (Å²) >= 11 is 0. The van der Waals surface area contributed by atoms with Crippen molar-refractivity contribution in [1.29, 1.82) is 0 Å². The number of hydrazine groups is 1. The Balaban J connectivity index is 2.35. The Morgan fingerprint density at radius 3 is 2.92 bits per heavy atom. The molecule has 0 bridgehead atoms. The van der Waals surface area contributed by atoms with Gasteiger partial charge in [-0.1, -0.05) is 30.7 Å². The molecular weight excluding hydrogens is 160 g/mol. The lowest BCUT2D eigenvalue weighted by Crippen LogP contribution is -2.28. The van der Waals surface area contributed by atoms with Gasteiger partial charge in [0.25, 0.3) is 0 Å². The molecule has 3 N–H and O–H groups in total. The van der Waals surface area contributed by atoms with Crippen molar-refractivity contribution in [1.82, 2.24) is 5.43 Å². The van der Waals surface area contributed by atoms with Crippen LogP contribution >= 0.6 is 0 Å². The molecule has 1 aromatic rings. The van der Waals surface area contributed by atoms with E-state index in [9.17, 15) is 0 Å². The van der Waals surface area contributed by atoms with Gasteiger partial charge in [0.15, 0.2) is 0 Å². The summed E-state index contributed by atoms with van der Waals surface area (Å²) in [7, 11) is 0. The maximum Gasteiger partial charge on any atom is 0.0462 e. The Labute approximate surface area is 79.1 Å². The SMILES string of the molecule is NN[C@@H]1CCCCc2ccccc21. The third-order valence-electron chi connectivity index (χ3n) is 2.82. The summed E-state index contributed by atoms with van der Waals surface area (Å²) in [5, 5.41) is 0. The van der Waals surface area contributed by atoms with Crippen molar-refractivity contribution in [2.45, 2.75) is 31.7 Å². The number of nitrogens with two attached hydrogens (primary N) is 1. The molecule has 2 rings (SSSR count). The smallest absolute Gasteiger partial charge is 0.0462 e. The zero-order valence-electron chi connectivity index (χ0n) is 7.79. The van der Waals surface area contributed by atoms with Gasteiger partial charge in [-0.15, -0.1) is 0 Å². The standard InChI is InChI=1S/C11H16N2/c12-13-11-8-4-2-6-9-5-1-3-7-10(9)11/h1,3,5,7,11,13H,2,4,6,8,12H2/t11-/m1/s1. The third-order valence-corrected chi connectivity index (χ3v) is 2.82. The minimum Gasteiger partial charge on any atom is -0.271 e. The minimum atomic E-state index is 0.360. The van der Waals surface area contributed by atoms with Crippen molar-refractivity contribution in [2.24, 2.45) is 5.84 Å². The van der Waals surface area contributed by atoms with Crippen molar-refractivity contribution in [3.8, 4) is 0 Å². The topological polar surface area (TPSA) is 38.0 Å². The van der Waals surface area contributed by atoms with Gasteiger partial charge >= 0.3 is 0 Å². The molecule has 0 radical (unpaired) electrons. The molecular formula is C11H16N2. The molecule has 1 aliphatic carbocycles. The number of aryl methyl sites for hydroxylation is 1. The zero-order chi connectivity index (χ0) is 9.10. The molecule has 2 nitrogen and oxygen atoms in total. The maximum atomic E-state index is 5.54. The molecule has 1 aliphatic rings. The molecule has 0 aromatic heterocycles. The highest BCUT2D eigenvalue weighted by Crippen LogP contribution is 2.27. The molecule has 0 fully saturated rings. The second-order valence-electron chi connectivity index (χ2n) is 3.66. The van der Waals surface area contributed by atoms with Gasteiger partial charge in [-0.05, 0) is 30.4 Å². The quantitative estimate of drug-likeness (QED) is 0.390. The predicted octanol–water partition coefficient (Wildman–Crippen LogP) is 1.92. The number of nitrogens with one attached hydrogen (secondary N) is 1. The molecule has 2 heteroatoms. The van der Waals surface area contributed by atoms with Crippen molar-refractivity contribution < 1.29 is 0 Å². The van der Waals surface area contributed by atoms with Gasteiger partial charge in [0, 0.05) is 6.04 Å². The van der Waals surface area contributed by atoms with Gasteiger partial charge < -0.3 is 0 Å². The monoisotopic (exact) mass is 176 g/mol. The van der Waals surface area contributed by atoms with E-state index in [2.05, 4.69) is 29.7 Å². The van der Waals surface area contributed by atoms with E-state index in [1.807, 2.05) is 0 Å². The van der Waals surface area contributed by atoms with Crippen LogP contribution < -0.4 is 11.3 Å². The molecule has 0 amide bonds. The molecule has 0 aliphatic heterocycles. The number of benzene rings is 1. The first-order chi connectivity index (χ1) is 6.42. The highest BCUT2D eigenvalue weighted by atomic mass is 15.2. The van der Waals surface area contributed by atoms with Gasteiger partial charge in [0.2, 0.25) is 0 Å². The summed E-state index contributed by atoms with van der Waals surface area (Å²) in [4.78, 5) is 0. The molecule has 0 saturated carbocycles. The zero-order valence-corrected chi connectivity index (χ0v) is 7.79. The Kier molecular flexibility index (Phi) is 2.62. The van der Waals surface area contributed by atoms with Crippen molar-refractivity contribution >= 4 is 0 Å². The molecule has 0 heterocycles. The van der Waals surface area contributed by atoms with Crippen LogP contribution in [0.15, 0.2) is 24.3 Å². The first kappa shape index (κ1) is 8.73. The summed E-state index contributed by atoms with van der Waals surface area (Å²) < 4.78 is 0. The van der Waals surface area contributed by atoms with Crippen LogP contribution in [0, 0.1) is 0 Å². The van der Waals surface area contributed by atoms with Crippen LogP contribution in [0.3, 0.4) is 0 Å². The Bertz CT molecular complexity index is 283. The van der Waals surface area contributed by atoms with Gasteiger partial charge in [-0.25, -0.2) is 0 Å². The minimum absolute atomic E-state index is 0.360. The molecule has 13 heavy (non-hydrogen) atoms. The second-order valence-corrected chi connectivity index (χ2v) is 3.66. The summed E-state index contributed by atoms with van der Waals surface area (Å²) in [6.07, 6.45) is 4.92. The molecule has 70 valence electrons. The van der Waals surface area contributed by atoms with E-state index in [0.29, 0.717) is 6.04 Å². The summed E-state index contributed by atoms with van der Waals surface area (Å²) in [5.41, 5.74) is 5.75. The van der Waals surface area contributed by atoms with E-state index in [4.69, 9.17) is 5.84 Å². The fourth-order valence-corrected chi connectivity index (χ4v) is 2.09. The van der Waals surface area contributed by atoms with E-state index < -0.39 is 0 Å². The average molecular weight is 176 g/mol. The van der Waals surface area contributed by atoms with Gasteiger partial charge in [-0.3, -0.25) is 11.3 Å². The summed E-state index contributed by atoms with van der Waals surface area (Å²) in [5.74, 6) is 5.54. The molecule has 1 aromatic carbocycles. The van der Waals surface area contributed by atoms with E-state index in [1.165, 1.54) is 30.4 Å². The maximum absolute atomic E-state index is 5.54. The van der Waals surface area contributed by atoms with Crippen LogP contribution in [-0.2, 0) is 6.42 Å². The predicted molar refractivity (Wildman–Crippen MR) is 54.1 cm³/mol. The van der Waals surface area contributed by atoms with Crippen LogP contribution in [0.5, 0.6) is 0 Å². The fraction of sp³-hybridized carbons (Fsp3) is 0.455. The average Bonchev–Trinajstić information content (AvgIpc) is 2.39. The fourth-order valence-electron chi connectivity index (χ4n) is 2.09. The summed E-state index contributed by atoms with van der Waals surface area (Å²) in [6, 6.07) is 8.96. The molecule has 0 unspecified atom stereocenters. The Morgan fingerprint density at radius 1 is 1.23 bits per heavy atom. The number of hydrogen-bond donors (Lipinski definition) is 2. The Morgan fingerprint density at radius 2 is 2.08 bits per heavy atom. The second kappa shape index (κ2) is 3.90. The highest BCUT2D eigenvalue weighted by Gasteiger charge is 2.15. The van der Waals surface area contributed by atoms with Gasteiger partial charge in [0.05, 0.1) is 0 Å². The first-order valence-corrected chi connectivity index (χ1v) is 4.96. The number of hydrogen-bond acceptors (Lipinski definition) is 2. The van der Waals surface area contributed by atoms with Crippen molar-refractivity contribution in [3.05, 3.63) is 35.4 Å². The lowest BCUT2D eigenvalue weighted by molar-refractivity contribution is 0.504. The first-order valence-electron chi connectivity index (χ1n) is 4.96. The highest BCUT2D eigenvalue weighted by molar-refractivity contribution is 5.30. The van der Waals surface area contributed by atoms with Crippen LogP contribution in [-0.4, -0.2) is 0 Å². The summed E-state index contributed by atoms with van der Waals surface area (Å²) in [6.45, 7) is 0. The van der Waals surface area contributed by atoms with Crippen LogP contribution in [0.1, 0.15) is 36.4 Å². The van der Waals surface area contributed by atoms with Crippen LogP contribution in [0.4, 0.5) is 0 Å². The lowest BCUT2D eigenvalue weighted by atomic mass is 10.00. The normalized spacial score (nSPS) is 22.1. The van der Waals surface area contributed by atoms with Gasteiger partial charge in [-0.2, -0.15) is 0 Å². The lowest BCUT2D eigenvalue weighted by Gasteiger charge is -2.15. The number of rotatable bonds is 1. The largest absolute Gasteiger partial charge is 0.271 e. The van der Waals surface area contributed by atoms with Gasteiger partial charge in [0.1, 0.15) is 0 Å². The van der Waals surface area contributed by atoms with Crippen LogP contribution in [0.25, 0.3) is 0 Å². The molecule has 1 atom stereocenters. The van der Waals surface area contributed by atoms with Crippen molar-refractivity contribution in [2.75, 3.05) is 0 Å². The van der Waals surface area contributed by atoms with E-state index in [0.717, 1.165) is 6.42 Å². The van der Waals surface area contributed by atoms with Crippen molar-refractivity contribution in [3.63, 3.8) is 0 Å². The van der Waals surface area contributed by atoms with E-state index in [-0.39, 0.29) is 0 Å². The van der Waals surface area contributed by atoms with E-state index >= 15 is 0 Å². The Hall–Kier alpha value is -0.860. The number of fused-ring (bicyclic) bond motifs is 1. The third kappa shape index (κ3) is 1.74. The van der Waals surface area contributed by atoms with E-state index in [1.54, 1.807) is 0 Å².